The quantitative estimate of drug-likeness (QED) is 0.781. The monoisotopic (exact) mass is 280 g/mol. The van der Waals surface area contributed by atoms with Crippen LogP contribution in [0.4, 0.5) is 4.39 Å². The van der Waals surface area contributed by atoms with Crippen molar-refractivity contribution in [3.8, 4) is 11.3 Å². The van der Waals surface area contributed by atoms with Crippen LogP contribution in [0, 0.1) is 12.7 Å². The van der Waals surface area contributed by atoms with Gasteiger partial charge in [-0.2, -0.15) is 0 Å². The molecule has 3 nitrogen and oxygen atoms in total. The summed E-state index contributed by atoms with van der Waals surface area (Å²) < 4.78 is 13.3. The zero-order chi connectivity index (χ0) is 15.0. The molecule has 2 aromatic carbocycles. The summed E-state index contributed by atoms with van der Waals surface area (Å²) in [6.07, 6.45) is 0. The normalized spacial score (nSPS) is 10.8. The van der Waals surface area contributed by atoms with Gasteiger partial charge in [0.1, 0.15) is 5.82 Å². The summed E-state index contributed by atoms with van der Waals surface area (Å²) in [4.78, 5) is 16.0. The van der Waals surface area contributed by atoms with E-state index in [1.54, 1.807) is 24.3 Å². The SMILES string of the molecule is Cc1cc(-c2ccccc2C(N)=O)nc2ccc(F)cc12. The number of benzene rings is 2. The molecule has 0 bridgehead atoms. The van der Waals surface area contributed by atoms with Gasteiger partial charge in [0.05, 0.1) is 11.2 Å². The predicted octanol–water partition coefficient (Wildman–Crippen LogP) is 3.45. The van der Waals surface area contributed by atoms with Crippen LogP contribution in [0.25, 0.3) is 22.2 Å². The second kappa shape index (κ2) is 4.98. The molecule has 0 radical (unpaired) electrons. The first-order valence-electron chi connectivity index (χ1n) is 6.52. The molecule has 0 aliphatic rings. The summed E-state index contributed by atoms with van der Waals surface area (Å²) in [5.41, 5.74) is 8.74. The molecular weight excluding hydrogens is 267 g/mol. The summed E-state index contributed by atoms with van der Waals surface area (Å²) in [5, 5.41) is 0.760. The van der Waals surface area contributed by atoms with Gasteiger partial charge in [0.15, 0.2) is 0 Å². The Bertz CT molecular complexity index is 859. The van der Waals surface area contributed by atoms with Gasteiger partial charge in [0.25, 0.3) is 0 Å². The fourth-order valence-electron chi connectivity index (χ4n) is 2.43. The maximum Gasteiger partial charge on any atom is 0.249 e. The third-order valence-corrected chi connectivity index (χ3v) is 3.45. The number of primary amides is 1. The fourth-order valence-corrected chi connectivity index (χ4v) is 2.43. The summed E-state index contributed by atoms with van der Waals surface area (Å²) in [7, 11) is 0. The number of hydrogen-bond donors (Lipinski definition) is 1. The summed E-state index contributed by atoms with van der Waals surface area (Å²) in [6.45, 7) is 1.89. The lowest BCUT2D eigenvalue weighted by atomic mass is 10.0. The zero-order valence-corrected chi connectivity index (χ0v) is 11.4. The minimum Gasteiger partial charge on any atom is -0.366 e. The van der Waals surface area contributed by atoms with Crippen LogP contribution < -0.4 is 5.73 Å². The molecule has 21 heavy (non-hydrogen) atoms. The van der Waals surface area contributed by atoms with Gasteiger partial charge in [0, 0.05) is 16.5 Å². The number of nitrogens with zero attached hydrogens (tertiary/aromatic N) is 1. The van der Waals surface area contributed by atoms with Crippen LogP contribution in [0.15, 0.2) is 48.5 Å². The number of rotatable bonds is 2. The van der Waals surface area contributed by atoms with Crippen molar-refractivity contribution >= 4 is 16.8 Å². The van der Waals surface area contributed by atoms with Gasteiger partial charge in [-0.3, -0.25) is 4.79 Å². The second-order valence-corrected chi connectivity index (χ2v) is 4.90. The number of halogens is 1. The molecule has 1 aromatic heterocycles. The Kier molecular flexibility index (Phi) is 3.14. The van der Waals surface area contributed by atoms with E-state index in [9.17, 15) is 9.18 Å². The minimum absolute atomic E-state index is 0.294. The van der Waals surface area contributed by atoms with E-state index in [2.05, 4.69) is 4.98 Å². The zero-order valence-electron chi connectivity index (χ0n) is 11.4. The lowest BCUT2D eigenvalue weighted by molar-refractivity contribution is 0.100. The average molecular weight is 280 g/mol. The molecule has 3 aromatic rings. The van der Waals surface area contributed by atoms with E-state index < -0.39 is 5.91 Å². The van der Waals surface area contributed by atoms with E-state index in [1.807, 2.05) is 19.1 Å². The minimum atomic E-state index is -0.496. The standard InChI is InChI=1S/C17H13FN2O/c1-10-8-16(12-4-2-3-5-13(12)17(19)21)20-15-7-6-11(18)9-14(10)15/h2-9H,1H3,(H2,19,21). The highest BCUT2D eigenvalue weighted by Gasteiger charge is 2.12. The number of pyridine rings is 1. The third kappa shape index (κ3) is 2.36. The van der Waals surface area contributed by atoms with E-state index in [0.717, 1.165) is 10.9 Å². The largest absolute Gasteiger partial charge is 0.366 e. The molecule has 0 atom stereocenters. The Labute approximate surface area is 121 Å². The Morgan fingerprint density at radius 1 is 1.14 bits per heavy atom. The van der Waals surface area contributed by atoms with Gasteiger partial charge in [0.2, 0.25) is 5.91 Å². The molecule has 1 heterocycles. The van der Waals surface area contributed by atoms with Crippen molar-refractivity contribution < 1.29 is 9.18 Å². The van der Waals surface area contributed by atoms with Crippen molar-refractivity contribution in [3.05, 3.63) is 65.5 Å². The van der Waals surface area contributed by atoms with Crippen molar-refractivity contribution in [3.63, 3.8) is 0 Å². The first-order valence-corrected chi connectivity index (χ1v) is 6.52. The van der Waals surface area contributed by atoms with Crippen molar-refractivity contribution in [1.82, 2.24) is 4.98 Å². The van der Waals surface area contributed by atoms with E-state index in [-0.39, 0.29) is 5.82 Å². The topological polar surface area (TPSA) is 56.0 Å². The van der Waals surface area contributed by atoms with Crippen molar-refractivity contribution in [1.29, 1.82) is 0 Å². The van der Waals surface area contributed by atoms with Crippen LogP contribution in [0.1, 0.15) is 15.9 Å². The van der Waals surface area contributed by atoms with E-state index >= 15 is 0 Å². The molecule has 0 fully saturated rings. The average Bonchev–Trinajstić information content (AvgIpc) is 2.47. The van der Waals surface area contributed by atoms with Crippen molar-refractivity contribution in [2.45, 2.75) is 6.92 Å². The number of fused-ring (bicyclic) bond motifs is 1. The van der Waals surface area contributed by atoms with Gasteiger partial charge >= 0.3 is 0 Å². The first kappa shape index (κ1) is 13.2. The van der Waals surface area contributed by atoms with Gasteiger partial charge in [-0.1, -0.05) is 18.2 Å². The summed E-state index contributed by atoms with van der Waals surface area (Å²) >= 11 is 0. The molecular formula is C17H13FN2O. The van der Waals surface area contributed by atoms with Gasteiger partial charge in [-0.05, 0) is 42.8 Å². The lowest BCUT2D eigenvalue weighted by Crippen LogP contribution is -2.12. The van der Waals surface area contributed by atoms with Crippen LogP contribution in [-0.4, -0.2) is 10.9 Å². The number of carbonyl (C=O) groups excluding carboxylic acids is 1. The van der Waals surface area contributed by atoms with E-state index in [0.29, 0.717) is 22.3 Å². The Morgan fingerprint density at radius 2 is 1.90 bits per heavy atom. The maximum absolute atomic E-state index is 13.3. The predicted molar refractivity (Wildman–Crippen MR) is 80.4 cm³/mol. The number of aryl methyl sites for hydroxylation is 1. The molecule has 2 N–H and O–H groups in total. The highest BCUT2D eigenvalue weighted by molar-refractivity contribution is 6.00. The molecule has 104 valence electrons. The van der Waals surface area contributed by atoms with Gasteiger partial charge < -0.3 is 5.73 Å². The van der Waals surface area contributed by atoms with Gasteiger partial charge in [-0.15, -0.1) is 0 Å². The molecule has 3 rings (SSSR count). The second-order valence-electron chi connectivity index (χ2n) is 4.90. The Morgan fingerprint density at radius 3 is 2.67 bits per heavy atom. The highest BCUT2D eigenvalue weighted by Crippen LogP contribution is 2.27. The third-order valence-electron chi connectivity index (χ3n) is 3.45. The molecule has 0 spiro atoms. The Balaban J connectivity index is 2.27. The number of hydrogen-bond acceptors (Lipinski definition) is 2. The van der Waals surface area contributed by atoms with Gasteiger partial charge in [-0.25, -0.2) is 9.37 Å². The number of carbonyl (C=O) groups is 1. The summed E-state index contributed by atoms with van der Waals surface area (Å²) in [5.74, 6) is -0.790. The van der Waals surface area contributed by atoms with Crippen LogP contribution in [-0.2, 0) is 0 Å². The molecule has 0 saturated carbocycles. The molecule has 0 unspecified atom stereocenters. The van der Waals surface area contributed by atoms with Crippen LogP contribution in [0.3, 0.4) is 0 Å². The van der Waals surface area contributed by atoms with Crippen LogP contribution in [0.2, 0.25) is 0 Å². The summed E-state index contributed by atoms with van der Waals surface area (Å²) in [6, 6.07) is 13.4. The van der Waals surface area contributed by atoms with Crippen molar-refractivity contribution in [2.75, 3.05) is 0 Å². The van der Waals surface area contributed by atoms with Crippen LogP contribution >= 0.6 is 0 Å². The Hall–Kier alpha value is -2.75. The smallest absolute Gasteiger partial charge is 0.249 e. The number of amides is 1. The van der Waals surface area contributed by atoms with E-state index in [1.165, 1.54) is 12.1 Å². The molecule has 0 saturated heterocycles. The molecule has 1 amide bonds. The lowest BCUT2D eigenvalue weighted by Gasteiger charge is -2.09. The first-order chi connectivity index (χ1) is 10.1. The number of aromatic nitrogens is 1. The molecule has 0 aliphatic heterocycles. The van der Waals surface area contributed by atoms with E-state index in [4.69, 9.17) is 5.73 Å². The fraction of sp³-hybridized carbons (Fsp3) is 0.0588. The number of nitrogens with two attached hydrogens (primary N) is 1. The highest BCUT2D eigenvalue weighted by atomic mass is 19.1. The molecule has 0 aliphatic carbocycles. The van der Waals surface area contributed by atoms with Crippen molar-refractivity contribution in [2.24, 2.45) is 5.73 Å². The molecule has 4 heteroatoms. The maximum atomic E-state index is 13.3. The van der Waals surface area contributed by atoms with Crippen LogP contribution in [0.5, 0.6) is 0 Å².